The molecule has 0 bridgehead atoms. The summed E-state index contributed by atoms with van der Waals surface area (Å²) in [5, 5.41) is 11.9. The lowest BCUT2D eigenvalue weighted by molar-refractivity contribution is 0.0690. The van der Waals surface area contributed by atoms with Crippen LogP contribution in [0.4, 0.5) is 5.95 Å². The smallest absolute Gasteiger partial charge is 0.354 e. The number of nitrogens with one attached hydrogen (secondary N) is 1. The minimum atomic E-state index is -1.02. The van der Waals surface area contributed by atoms with E-state index in [-0.39, 0.29) is 5.69 Å². The minimum Gasteiger partial charge on any atom is -0.477 e. The third-order valence-corrected chi connectivity index (χ3v) is 3.08. The monoisotopic (exact) mass is 269 g/mol. The highest BCUT2D eigenvalue weighted by molar-refractivity contribution is 7.98. The third kappa shape index (κ3) is 5.35. The number of carbonyl (C=O) groups is 1. The van der Waals surface area contributed by atoms with Gasteiger partial charge in [-0.05, 0) is 37.8 Å². The molecule has 0 aromatic carbocycles. The van der Waals surface area contributed by atoms with Crippen molar-refractivity contribution in [3.05, 3.63) is 17.5 Å². The van der Waals surface area contributed by atoms with Crippen molar-refractivity contribution < 1.29 is 9.90 Å². The molecule has 0 saturated carbocycles. The maximum atomic E-state index is 10.8. The van der Waals surface area contributed by atoms with Crippen LogP contribution in [-0.2, 0) is 0 Å². The Bertz CT molecular complexity index is 399. The summed E-state index contributed by atoms with van der Waals surface area (Å²) in [7, 11) is 0. The van der Waals surface area contributed by atoms with Crippen molar-refractivity contribution in [2.24, 2.45) is 0 Å². The third-order valence-electron chi connectivity index (χ3n) is 2.38. The fraction of sp³-hybridized carbons (Fsp3) is 0.583. The Morgan fingerprint density at radius 2 is 2.17 bits per heavy atom. The van der Waals surface area contributed by atoms with Gasteiger partial charge in [-0.2, -0.15) is 11.8 Å². The van der Waals surface area contributed by atoms with Crippen LogP contribution < -0.4 is 5.32 Å². The van der Waals surface area contributed by atoms with E-state index < -0.39 is 5.97 Å². The van der Waals surface area contributed by atoms with E-state index in [0.717, 1.165) is 19.4 Å². The summed E-state index contributed by atoms with van der Waals surface area (Å²) in [5.41, 5.74) is 0.694. The number of aromatic carboxylic acids is 1. The van der Waals surface area contributed by atoms with E-state index in [4.69, 9.17) is 5.11 Å². The van der Waals surface area contributed by atoms with E-state index in [1.807, 2.05) is 11.8 Å². The molecule has 0 radical (unpaired) electrons. The largest absolute Gasteiger partial charge is 0.477 e. The van der Waals surface area contributed by atoms with Crippen LogP contribution in [-0.4, -0.2) is 39.6 Å². The molecule has 1 rings (SSSR count). The molecule has 0 aliphatic heterocycles. The molecule has 0 amide bonds. The van der Waals surface area contributed by atoms with Gasteiger partial charge in [0.25, 0.3) is 0 Å². The number of unbranched alkanes of at least 4 members (excludes halogenated alkanes) is 2. The Hall–Kier alpha value is -1.30. The number of hydrogen-bond acceptors (Lipinski definition) is 5. The predicted molar refractivity (Wildman–Crippen MR) is 74.5 cm³/mol. The molecule has 1 heterocycles. The van der Waals surface area contributed by atoms with Gasteiger partial charge in [-0.3, -0.25) is 0 Å². The van der Waals surface area contributed by atoms with Gasteiger partial charge in [0.2, 0.25) is 5.95 Å². The standard InChI is InChI=1S/C12H19N3O2S/c1-9-8-10(11(16)17)15-12(14-9)13-6-4-3-5-7-18-2/h8H,3-7H2,1-2H3,(H,16,17)(H,13,14,15). The first-order valence-electron chi connectivity index (χ1n) is 5.95. The number of hydrogen-bond donors (Lipinski definition) is 2. The Labute approximate surface area is 111 Å². The minimum absolute atomic E-state index is 0.0346. The van der Waals surface area contributed by atoms with Crippen molar-refractivity contribution in [2.75, 3.05) is 23.9 Å². The van der Waals surface area contributed by atoms with Gasteiger partial charge in [0, 0.05) is 12.2 Å². The van der Waals surface area contributed by atoms with Crippen molar-refractivity contribution in [1.29, 1.82) is 0 Å². The summed E-state index contributed by atoms with van der Waals surface area (Å²) < 4.78 is 0. The number of thioether (sulfide) groups is 1. The van der Waals surface area contributed by atoms with Gasteiger partial charge >= 0.3 is 5.97 Å². The Balaban J connectivity index is 2.40. The SMILES string of the molecule is CSCCCCCNc1nc(C)cc(C(=O)O)n1. The number of nitrogens with zero attached hydrogens (tertiary/aromatic N) is 2. The van der Waals surface area contributed by atoms with Crippen LogP contribution in [0.5, 0.6) is 0 Å². The zero-order valence-electron chi connectivity index (χ0n) is 10.8. The van der Waals surface area contributed by atoms with Crippen molar-refractivity contribution in [2.45, 2.75) is 26.2 Å². The molecule has 5 nitrogen and oxygen atoms in total. The molecule has 6 heteroatoms. The zero-order chi connectivity index (χ0) is 13.4. The molecule has 0 fully saturated rings. The molecule has 2 N–H and O–H groups in total. The van der Waals surface area contributed by atoms with Crippen molar-refractivity contribution in [1.82, 2.24) is 9.97 Å². The lowest BCUT2D eigenvalue weighted by Gasteiger charge is -2.06. The number of rotatable bonds is 8. The van der Waals surface area contributed by atoms with Crippen LogP contribution >= 0.6 is 11.8 Å². The van der Waals surface area contributed by atoms with E-state index in [2.05, 4.69) is 21.5 Å². The molecule has 1 aromatic rings. The van der Waals surface area contributed by atoms with Crippen LogP contribution in [0.1, 0.15) is 35.4 Å². The Morgan fingerprint density at radius 1 is 1.39 bits per heavy atom. The Morgan fingerprint density at radius 3 is 2.83 bits per heavy atom. The van der Waals surface area contributed by atoms with Gasteiger partial charge in [-0.15, -0.1) is 0 Å². The van der Waals surface area contributed by atoms with Gasteiger partial charge in [0.1, 0.15) is 0 Å². The lowest BCUT2D eigenvalue weighted by atomic mass is 10.2. The fourth-order valence-corrected chi connectivity index (χ4v) is 2.00. The zero-order valence-corrected chi connectivity index (χ0v) is 11.6. The van der Waals surface area contributed by atoms with Gasteiger partial charge in [-0.1, -0.05) is 6.42 Å². The second-order valence-electron chi connectivity index (χ2n) is 4.00. The first-order valence-corrected chi connectivity index (χ1v) is 7.34. The van der Waals surface area contributed by atoms with Crippen LogP contribution in [0.2, 0.25) is 0 Å². The average Bonchev–Trinajstić information content (AvgIpc) is 2.33. The van der Waals surface area contributed by atoms with E-state index in [1.54, 1.807) is 6.92 Å². The molecule has 100 valence electrons. The van der Waals surface area contributed by atoms with Crippen LogP contribution in [0.15, 0.2) is 6.07 Å². The van der Waals surface area contributed by atoms with Gasteiger partial charge < -0.3 is 10.4 Å². The number of anilines is 1. The maximum absolute atomic E-state index is 10.8. The number of aryl methyl sites for hydroxylation is 1. The van der Waals surface area contributed by atoms with Crippen LogP contribution in [0.25, 0.3) is 0 Å². The summed E-state index contributed by atoms with van der Waals surface area (Å²) in [6, 6.07) is 1.46. The Kier molecular flexibility index (Phi) is 6.49. The molecule has 0 atom stereocenters. The second-order valence-corrected chi connectivity index (χ2v) is 4.99. The highest BCUT2D eigenvalue weighted by Gasteiger charge is 2.07. The molecule has 0 spiro atoms. The highest BCUT2D eigenvalue weighted by Crippen LogP contribution is 2.06. The summed E-state index contributed by atoms with van der Waals surface area (Å²) in [5.74, 6) is 0.560. The first-order chi connectivity index (χ1) is 8.63. The second kappa shape index (κ2) is 7.92. The lowest BCUT2D eigenvalue weighted by Crippen LogP contribution is -2.10. The van der Waals surface area contributed by atoms with Gasteiger partial charge in [0.05, 0.1) is 0 Å². The van der Waals surface area contributed by atoms with Crippen molar-refractivity contribution >= 4 is 23.7 Å². The fourth-order valence-electron chi connectivity index (χ4n) is 1.51. The molecule has 18 heavy (non-hydrogen) atoms. The topological polar surface area (TPSA) is 75.1 Å². The average molecular weight is 269 g/mol. The van der Waals surface area contributed by atoms with E-state index in [1.165, 1.54) is 18.2 Å². The molecule has 0 saturated heterocycles. The highest BCUT2D eigenvalue weighted by atomic mass is 32.2. The van der Waals surface area contributed by atoms with Crippen LogP contribution in [0.3, 0.4) is 0 Å². The molecule has 0 unspecified atom stereocenters. The van der Waals surface area contributed by atoms with E-state index in [0.29, 0.717) is 11.6 Å². The summed E-state index contributed by atoms with van der Waals surface area (Å²) in [6.07, 6.45) is 5.51. The predicted octanol–water partition coefficient (Wildman–Crippen LogP) is 2.43. The molecule has 1 aromatic heterocycles. The van der Waals surface area contributed by atoms with Gasteiger partial charge in [0.15, 0.2) is 5.69 Å². The summed E-state index contributed by atoms with van der Waals surface area (Å²) in [6.45, 7) is 2.54. The normalized spacial score (nSPS) is 10.3. The van der Waals surface area contributed by atoms with E-state index in [9.17, 15) is 4.79 Å². The van der Waals surface area contributed by atoms with Crippen molar-refractivity contribution in [3.63, 3.8) is 0 Å². The first kappa shape index (κ1) is 14.8. The maximum Gasteiger partial charge on any atom is 0.354 e. The number of aromatic nitrogens is 2. The molecule has 0 aliphatic carbocycles. The summed E-state index contributed by atoms with van der Waals surface area (Å²) >= 11 is 1.85. The molecular formula is C12H19N3O2S. The van der Waals surface area contributed by atoms with E-state index >= 15 is 0 Å². The molecular weight excluding hydrogens is 250 g/mol. The quantitative estimate of drug-likeness (QED) is 0.706. The van der Waals surface area contributed by atoms with Crippen molar-refractivity contribution in [3.8, 4) is 0 Å². The number of carboxylic acid groups (broad SMARTS) is 1. The molecule has 0 aliphatic rings. The van der Waals surface area contributed by atoms with Crippen LogP contribution in [0, 0.1) is 6.92 Å². The van der Waals surface area contributed by atoms with Gasteiger partial charge in [-0.25, -0.2) is 14.8 Å². The summed E-state index contributed by atoms with van der Waals surface area (Å²) in [4.78, 5) is 18.9. The number of carboxylic acids is 1.